The molecule has 2 aliphatic rings. The molecular weight excluding hydrogens is 607 g/mol. The monoisotopic (exact) mass is 638 g/mol. The maximum atomic E-state index is 16.3. The number of nitrogens with one attached hydrogen (secondary N) is 1. The summed E-state index contributed by atoms with van der Waals surface area (Å²) in [6.07, 6.45) is 4.16. The maximum Gasteiger partial charge on any atom is 0.271 e. The fraction of sp³-hybridized carbons (Fsp3) is 0.312. The van der Waals surface area contributed by atoms with Crippen molar-refractivity contribution >= 4 is 33.2 Å². The first-order chi connectivity index (χ1) is 21.1. The number of fused-ring (bicyclic) bond motifs is 1. The Labute approximate surface area is 260 Å². The van der Waals surface area contributed by atoms with Gasteiger partial charge in [0.1, 0.15) is 17.8 Å². The van der Waals surface area contributed by atoms with Crippen LogP contribution >= 0.6 is 11.6 Å². The van der Waals surface area contributed by atoms with E-state index < -0.39 is 33.3 Å². The Morgan fingerprint density at radius 3 is 2.59 bits per heavy atom. The molecule has 2 aliphatic heterocycles. The highest BCUT2D eigenvalue weighted by atomic mass is 35.5. The number of rotatable bonds is 9. The van der Waals surface area contributed by atoms with Crippen LogP contribution < -0.4 is 14.4 Å². The molecule has 230 valence electrons. The summed E-state index contributed by atoms with van der Waals surface area (Å²) < 4.78 is 56.7. The molecule has 6 rings (SSSR count). The Kier molecular flexibility index (Phi) is 8.00. The van der Waals surface area contributed by atoms with Gasteiger partial charge in [-0.2, -0.15) is 0 Å². The van der Waals surface area contributed by atoms with Crippen molar-refractivity contribution in [1.29, 1.82) is 0 Å². The number of hydrogen-bond donors (Lipinski definition) is 1. The number of methoxy groups -OCH3 is 1. The van der Waals surface area contributed by atoms with E-state index in [0.29, 0.717) is 37.6 Å². The third-order valence-electron chi connectivity index (χ3n) is 8.21. The number of sulfonamides is 1. The van der Waals surface area contributed by atoms with Gasteiger partial charge in [0.15, 0.2) is 5.54 Å². The van der Waals surface area contributed by atoms with Crippen molar-refractivity contribution in [3.8, 4) is 5.75 Å². The molecule has 1 N–H and O–H groups in total. The number of hydrogen-bond acceptors (Lipinski definition) is 8. The molecule has 1 amide bonds. The Bertz CT molecular complexity index is 1800. The number of halogens is 2. The molecule has 3 heterocycles. The zero-order chi connectivity index (χ0) is 31.2. The second-order valence-corrected chi connectivity index (χ2v) is 13.4. The summed E-state index contributed by atoms with van der Waals surface area (Å²) in [5.41, 5.74) is -0.793. The zero-order valence-electron chi connectivity index (χ0n) is 24.5. The zero-order valence-corrected chi connectivity index (χ0v) is 26.0. The quantitative estimate of drug-likeness (QED) is 0.246. The van der Waals surface area contributed by atoms with Crippen LogP contribution in [0.2, 0.25) is 5.02 Å². The van der Waals surface area contributed by atoms with Crippen LogP contribution in [0.3, 0.4) is 0 Å². The first kappa shape index (κ1) is 30.3. The number of benzene rings is 3. The number of carbonyl (C=O) groups is 1. The number of ether oxygens (including phenoxy) is 1. The fourth-order valence-corrected chi connectivity index (χ4v) is 7.87. The molecule has 12 heteroatoms. The molecule has 3 aromatic carbocycles. The van der Waals surface area contributed by atoms with Gasteiger partial charge in [-0.25, -0.2) is 22.1 Å². The van der Waals surface area contributed by atoms with Gasteiger partial charge in [-0.15, -0.1) is 0 Å². The minimum atomic E-state index is -4.48. The number of nitrogens with zero attached hydrogens (tertiary/aromatic N) is 3. The van der Waals surface area contributed by atoms with Gasteiger partial charge >= 0.3 is 0 Å². The van der Waals surface area contributed by atoms with E-state index in [1.54, 1.807) is 18.2 Å². The summed E-state index contributed by atoms with van der Waals surface area (Å²) >= 11 is 6.55. The molecule has 1 saturated heterocycles. The summed E-state index contributed by atoms with van der Waals surface area (Å²) in [5, 5.41) is 3.60. The van der Waals surface area contributed by atoms with Gasteiger partial charge in [-0.1, -0.05) is 31.5 Å². The number of aromatic nitrogens is 1. The topological polar surface area (TPSA) is 105 Å². The lowest BCUT2D eigenvalue weighted by atomic mass is 9.80. The van der Waals surface area contributed by atoms with Crippen LogP contribution in [-0.4, -0.2) is 43.9 Å². The minimum Gasteiger partial charge on any atom is -0.497 e. The molecule has 0 bridgehead atoms. The van der Waals surface area contributed by atoms with E-state index in [-0.39, 0.29) is 32.8 Å². The third kappa shape index (κ3) is 4.88. The molecular formula is C32H32ClFN4O5S. The average Bonchev–Trinajstić information content (AvgIpc) is 3.76. The first-order valence-corrected chi connectivity index (χ1v) is 16.1. The van der Waals surface area contributed by atoms with Gasteiger partial charge in [-0.05, 0) is 73.0 Å². The molecule has 44 heavy (non-hydrogen) atoms. The number of oxazole rings is 1. The van der Waals surface area contributed by atoms with E-state index in [4.69, 9.17) is 20.8 Å². The van der Waals surface area contributed by atoms with Gasteiger partial charge in [0.05, 0.1) is 29.9 Å². The molecule has 1 aromatic heterocycles. The van der Waals surface area contributed by atoms with Crippen LogP contribution in [0.5, 0.6) is 5.75 Å². The van der Waals surface area contributed by atoms with Gasteiger partial charge in [0.2, 0.25) is 5.89 Å². The summed E-state index contributed by atoms with van der Waals surface area (Å²) in [7, 11) is -3.01. The fourth-order valence-electron chi connectivity index (χ4n) is 6.24. The molecule has 0 radical (unpaired) electrons. The largest absolute Gasteiger partial charge is 0.497 e. The molecule has 9 nitrogen and oxygen atoms in total. The minimum absolute atomic E-state index is 0.0277. The molecule has 0 aliphatic carbocycles. The van der Waals surface area contributed by atoms with Gasteiger partial charge in [0, 0.05) is 35.3 Å². The predicted octanol–water partition coefficient (Wildman–Crippen LogP) is 5.79. The van der Waals surface area contributed by atoms with E-state index in [9.17, 15) is 8.42 Å². The van der Waals surface area contributed by atoms with Crippen molar-refractivity contribution in [1.82, 2.24) is 15.2 Å². The SMILES string of the molecule is COc1ccc(S(=O)(=O)N2C(=O)C(c3cc(CNC(C)C)ccc3F)(N3CCC[C@H]3c3ncco3)c3cc(Cl)ccc32)cc1. The number of amides is 1. The van der Waals surface area contributed by atoms with Crippen LogP contribution in [0.15, 0.2) is 82.4 Å². The molecule has 1 unspecified atom stereocenters. The first-order valence-electron chi connectivity index (χ1n) is 14.3. The van der Waals surface area contributed by atoms with Gasteiger partial charge < -0.3 is 14.5 Å². The van der Waals surface area contributed by atoms with Crippen molar-refractivity contribution in [3.05, 3.63) is 107 Å². The van der Waals surface area contributed by atoms with Crippen molar-refractivity contribution in [2.75, 3.05) is 18.0 Å². The lowest BCUT2D eigenvalue weighted by molar-refractivity contribution is -0.127. The van der Waals surface area contributed by atoms with Crippen LogP contribution in [0.1, 0.15) is 55.3 Å². The second-order valence-electron chi connectivity index (χ2n) is 11.2. The highest BCUT2D eigenvalue weighted by Gasteiger charge is 2.62. The van der Waals surface area contributed by atoms with Crippen LogP contribution in [0.25, 0.3) is 0 Å². The number of likely N-dealkylation sites (tertiary alicyclic amines) is 1. The Balaban J connectivity index is 1.63. The van der Waals surface area contributed by atoms with Crippen molar-refractivity contribution in [3.63, 3.8) is 0 Å². The maximum absolute atomic E-state index is 16.3. The second kappa shape index (κ2) is 11.6. The number of carbonyl (C=O) groups excluding carboxylic acids is 1. The Hall–Kier alpha value is -3.77. The molecule has 0 saturated carbocycles. The van der Waals surface area contributed by atoms with Gasteiger partial charge in [-0.3, -0.25) is 9.69 Å². The summed E-state index contributed by atoms with van der Waals surface area (Å²) in [5.74, 6) is -0.679. The van der Waals surface area contributed by atoms with Crippen molar-refractivity contribution in [2.45, 2.75) is 55.8 Å². The average molecular weight is 639 g/mol. The Morgan fingerprint density at radius 1 is 1.14 bits per heavy atom. The molecule has 1 fully saturated rings. The van der Waals surface area contributed by atoms with Crippen molar-refractivity contribution in [2.24, 2.45) is 0 Å². The number of anilines is 1. The summed E-state index contributed by atoms with van der Waals surface area (Å²) in [6.45, 7) is 4.75. The van der Waals surface area contributed by atoms with Crippen LogP contribution in [-0.2, 0) is 26.9 Å². The lowest BCUT2D eigenvalue weighted by Crippen LogP contribution is -2.55. The van der Waals surface area contributed by atoms with E-state index in [1.165, 1.54) is 62.0 Å². The van der Waals surface area contributed by atoms with E-state index >= 15 is 9.18 Å². The van der Waals surface area contributed by atoms with Crippen LogP contribution in [0.4, 0.5) is 10.1 Å². The molecule has 2 atom stereocenters. The smallest absolute Gasteiger partial charge is 0.271 e. The van der Waals surface area contributed by atoms with E-state index in [0.717, 1.165) is 9.87 Å². The molecule has 0 spiro atoms. The Morgan fingerprint density at radius 2 is 1.91 bits per heavy atom. The van der Waals surface area contributed by atoms with Gasteiger partial charge in [0.25, 0.3) is 15.9 Å². The van der Waals surface area contributed by atoms with Crippen molar-refractivity contribution < 1.29 is 26.8 Å². The standard InChI is InChI=1S/C32H32ClFN4O5S/c1-20(2)36-19-21-6-12-27(34)25(17-21)32(37-15-4-5-29(37)30-35-14-16-43-30)26-18-22(33)7-13-28(26)38(31(32)39)44(40,41)24-10-8-23(42-3)9-11-24/h6-14,16-18,20,29,36H,4-5,15,19H2,1-3H3/t29-,32?/m0/s1. The van der Waals surface area contributed by atoms with Crippen LogP contribution in [0, 0.1) is 5.82 Å². The predicted molar refractivity (Wildman–Crippen MR) is 163 cm³/mol. The normalized spacial score (nSPS) is 20.5. The third-order valence-corrected chi connectivity index (χ3v) is 10.2. The lowest BCUT2D eigenvalue weighted by Gasteiger charge is -2.41. The highest BCUT2D eigenvalue weighted by molar-refractivity contribution is 7.93. The molecule has 4 aromatic rings. The summed E-state index contributed by atoms with van der Waals surface area (Å²) in [6, 6.07) is 14.6. The van der Waals surface area contributed by atoms with E-state index in [1.807, 2.05) is 18.7 Å². The highest BCUT2D eigenvalue weighted by Crippen LogP contribution is 2.55. The summed E-state index contributed by atoms with van der Waals surface area (Å²) in [4.78, 5) is 21.2. The van der Waals surface area contributed by atoms with E-state index in [2.05, 4.69) is 10.3 Å².